The van der Waals surface area contributed by atoms with E-state index in [4.69, 9.17) is 5.73 Å². The highest BCUT2D eigenvalue weighted by atomic mass is 79.9. The number of amides is 1. The van der Waals surface area contributed by atoms with Crippen molar-refractivity contribution < 1.29 is 4.79 Å². The Morgan fingerprint density at radius 1 is 1.42 bits per heavy atom. The summed E-state index contributed by atoms with van der Waals surface area (Å²) < 4.78 is 1.14. The van der Waals surface area contributed by atoms with E-state index in [0.29, 0.717) is 13.1 Å². The number of hydrogen-bond acceptors (Lipinski definition) is 3. The summed E-state index contributed by atoms with van der Waals surface area (Å²) in [7, 11) is 0. The second-order valence-electron chi connectivity index (χ2n) is 4.90. The van der Waals surface area contributed by atoms with Crippen LogP contribution in [-0.2, 0) is 11.2 Å². The summed E-state index contributed by atoms with van der Waals surface area (Å²) in [5, 5.41) is 3.05. The van der Waals surface area contributed by atoms with Crippen LogP contribution in [0.4, 0.5) is 0 Å². The predicted molar refractivity (Wildman–Crippen MR) is 85.9 cm³/mol. The summed E-state index contributed by atoms with van der Waals surface area (Å²) in [5.41, 5.74) is 5.51. The van der Waals surface area contributed by atoms with Gasteiger partial charge in [-0.15, -0.1) is 23.7 Å². The first-order valence-electron chi connectivity index (χ1n) is 6.39. The highest BCUT2D eigenvalue weighted by Crippen LogP contribution is 2.37. The third-order valence-corrected chi connectivity index (χ3v) is 5.40. The van der Waals surface area contributed by atoms with Gasteiger partial charge in [0.15, 0.2) is 0 Å². The van der Waals surface area contributed by atoms with E-state index in [1.165, 1.54) is 4.88 Å². The Morgan fingerprint density at radius 3 is 2.63 bits per heavy atom. The van der Waals surface area contributed by atoms with Gasteiger partial charge in [0.2, 0.25) is 5.91 Å². The maximum Gasteiger partial charge on any atom is 0.227 e. The summed E-state index contributed by atoms with van der Waals surface area (Å²) in [4.78, 5) is 13.5. The van der Waals surface area contributed by atoms with Crippen molar-refractivity contribution in [3.63, 3.8) is 0 Å². The Hall–Kier alpha value is -0.100. The molecule has 3 N–H and O–H groups in total. The second-order valence-corrected chi connectivity index (χ2v) is 7.45. The molecular formula is C13H20BrClN2OS. The SMILES string of the molecule is Cl.NCC1(C(=O)NCCc2ccc(Br)s2)CCCC1. The number of carbonyl (C=O) groups excluding carboxylic acids is 1. The molecule has 1 heterocycles. The maximum absolute atomic E-state index is 12.2. The fraction of sp³-hybridized carbons (Fsp3) is 0.615. The lowest BCUT2D eigenvalue weighted by atomic mass is 9.85. The topological polar surface area (TPSA) is 55.1 Å². The van der Waals surface area contributed by atoms with E-state index in [1.54, 1.807) is 11.3 Å². The van der Waals surface area contributed by atoms with Gasteiger partial charge in [-0.3, -0.25) is 4.79 Å². The van der Waals surface area contributed by atoms with Crippen LogP contribution in [0.2, 0.25) is 0 Å². The van der Waals surface area contributed by atoms with E-state index in [1.807, 2.05) is 6.07 Å². The minimum atomic E-state index is -0.282. The van der Waals surface area contributed by atoms with Gasteiger partial charge >= 0.3 is 0 Å². The molecule has 1 aliphatic rings. The molecule has 1 fully saturated rings. The fourth-order valence-corrected chi connectivity index (χ4v) is 4.03. The Balaban J connectivity index is 0.00000180. The fourth-order valence-electron chi connectivity index (χ4n) is 2.55. The van der Waals surface area contributed by atoms with Crippen LogP contribution in [-0.4, -0.2) is 19.0 Å². The highest BCUT2D eigenvalue weighted by Gasteiger charge is 2.39. The molecular weight excluding hydrogens is 348 g/mol. The molecule has 0 saturated heterocycles. The van der Waals surface area contributed by atoms with Gasteiger partial charge < -0.3 is 11.1 Å². The van der Waals surface area contributed by atoms with Gasteiger partial charge in [0.05, 0.1) is 9.20 Å². The molecule has 1 aliphatic carbocycles. The van der Waals surface area contributed by atoms with Gasteiger partial charge in [-0.25, -0.2) is 0 Å². The average molecular weight is 368 g/mol. The zero-order valence-electron chi connectivity index (χ0n) is 10.8. The number of carbonyl (C=O) groups is 1. The van der Waals surface area contributed by atoms with Gasteiger partial charge in [-0.05, 0) is 47.3 Å². The first-order chi connectivity index (χ1) is 8.66. The Morgan fingerprint density at radius 2 is 2.11 bits per heavy atom. The molecule has 0 aliphatic heterocycles. The predicted octanol–water partition coefficient (Wildman–Crippen LogP) is 3.11. The van der Waals surface area contributed by atoms with Crippen molar-refractivity contribution in [2.75, 3.05) is 13.1 Å². The summed E-state index contributed by atoms with van der Waals surface area (Å²) in [6, 6.07) is 4.13. The first-order valence-corrected chi connectivity index (χ1v) is 8.00. The van der Waals surface area contributed by atoms with Crippen molar-refractivity contribution in [1.29, 1.82) is 0 Å². The molecule has 0 atom stereocenters. The molecule has 1 aromatic rings. The van der Waals surface area contributed by atoms with Gasteiger partial charge in [0, 0.05) is 18.0 Å². The summed E-state index contributed by atoms with van der Waals surface area (Å²) in [6.45, 7) is 1.18. The number of hydrogen-bond donors (Lipinski definition) is 2. The Bertz CT molecular complexity index is 419. The lowest BCUT2D eigenvalue weighted by Crippen LogP contribution is -2.44. The number of halogens is 2. The Labute approximate surface area is 132 Å². The monoisotopic (exact) mass is 366 g/mol. The molecule has 1 aromatic heterocycles. The summed E-state index contributed by atoms with van der Waals surface area (Å²) >= 11 is 5.16. The number of thiophene rings is 1. The van der Waals surface area contributed by atoms with Crippen LogP contribution in [0.3, 0.4) is 0 Å². The van der Waals surface area contributed by atoms with Crippen molar-refractivity contribution in [2.24, 2.45) is 11.1 Å². The van der Waals surface area contributed by atoms with Crippen molar-refractivity contribution in [2.45, 2.75) is 32.1 Å². The lowest BCUT2D eigenvalue weighted by Gasteiger charge is -2.25. The molecule has 1 saturated carbocycles. The van der Waals surface area contributed by atoms with Crippen LogP contribution in [0, 0.1) is 5.41 Å². The van der Waals surface area contributed by atoms with Gasteiger partial charge in [-0.1, -0.05) is 12.8 Å². The quantitative estimate of drug-likeness (QED) is 0.840. The Kier molecular flexibility index (Phi) is 6.80. The number of nitrogens with one attached hydrogen (secondary N) is 1. The smallest absolute Gasteiger partial charge is 0.227 e. The number of nitrogens with two attached hydrogens (primary N) is 1. The van der Waals surface area contributed by atoms with E-state index < -0.39 is 0 Å². The third-order valence-electron chi connectivity index (χ3n) is 3.72. The van der Waals surface area contributed by atoms with E-state index in [9.17, 15) is 4.79 Å². The van der Waals surface area contributed by atoms with E-state index in [-0.39, 0.29) is 23.7 Å². The van der Waals surface area contributed by atoms with Crippen molar-refractivity contribution in [3.05, 3.63) is 20.8 Å². The zero-order chi connectivity index (χ0) is 13.0. The highest BCUT2D eigenvalue weighted by molar-refractivity contribution is 9.11. The minimum Gasteiger partial charge on any atom is -0.355 e. The van der Waals surface area contributed by atoms with Crippen LogP contribution >= 0.6 is 39.7 Å². The molecule has 0 radical (unpaired) electrons. The molecule has 0 aromatic carbocycles. The summed E-state index contributed by atoms with van der Waals surface area (Å²) in [5.74, 6) is 0.151. The van der Waals surface area contributed by atoms with E-state index in [2.05, 4.69) is 27.3 Å². The van der Waals surface area contributed by atoms with E-state index in [0.717, 1.165) is 35.9 Å². The zero-order valence-corrected chi connectivity index (χ0v) is 14.0. The van der Waals surface area contributed by atoms with Gasteiger partial charge in [-0.2, -0.15) is 0 Å². The van der Waals surface area contributed by atoms with Crippen LogP contribution in [0.15, 0.2) is 15.9 Å². The summed E-state index contributed by atoms with van der Waals surface area (Å²) in [6.07, 6.45) is 5.04. The van der Waals surface area contributed by atoms with Crippen LogP contribution in [0.25, 0.3) is 0 Å². The number of rotatable bonds is 5. The molecule has 0 unspecified atom stereocenters. The normalized spacial score (nSPS) is 16.9. The largest absolute Gasteiger partial charge is 0.355 e. The van der Waals surface area contributed by atoms with Crippen molar-refractivity contribution in [3.8, 4) is 0 Å². The van der Waals surface area contributed by atoms with Crippen LogP contribution < -0.4 is 11.1 Å². The first kappa shape index (κ1) is 17.0. The van der Waals surface area contributed by atoms with Crippen molar-refractivity contribution in [1.82, 2.24) is 5.32 Å². The molecule has 19 heavy (non-hydrogen) atoms. The standard InChI is InChI=1S/C13H19BrN2OS.ClH/c14-11-4-3-10(18-11)5-8-16-12(17)13(9-15)6-1-2-7-13;/h3-4H,1-2,5-9,15H2,(H,16,17);1H. The molecule has 3 nitrogen and oxygen atoms in total. The second kappa shape index (κ2) is 7.62. The average Bonchev–Trinajstić information content (AvgIpc) is 2.99. The molecule has 1 amide bonds. The third kappa shape index (κ3) is 4.18. The maximum atomic E-state index is 12.2. The van der Waals surface area contributed by atoms with Crippen LogP contribution in [0.1, 0.15) is 30.6 Å². The minimum absolute atomic E-state index is 0. The lowest BCUT2D eigenvalue weighted by molar-refractivity contribution is -0.130. The molecule has 2 rings (SSSR count). The van der Waals surface area contributed by atoms with Crippen molar-refractivity contribution >= 4 is 45.6 Å². The molecule has 0 bridgehead atoms. The molecule has 108 valence electrons. The van der Waals surface area contributed by atoms with Gasteiger partial charge in [0.1, 0.15) is 0 Å². The van der Waals surface area contributed by atoms with Crippen LogP contribution in [0.5, 0.6) is 0 Å². The molecule has 6 heteroatoms. The van der Waals surface area contributed by atoms with E-state index >= 15 is 0 Å². The van der Waals surface area contributed by atoms with Gasteiger partial charge in [0.25, 0.3) is 0 Å². The molecule has 0 spiro atoms.